The molecule has 0 saturated carbocycles. The second-order valence-electron chi connectivity index (χ2n) is 4.81. The van der Waals surface area contributed by atoms with Crippen LogP contribution in [0.15, 0.2) is 12.1 Å². The predicted octanol–water partition coefficient (Wildman–Crippen LogP) is 3.24. The Hall–Kier alpha value is -0.850. The molecule has 0 spiro atoms. The number of hydrogen-bond donors (Lipinski definition) is 1. The van der Waals surface area contributed by atoms with Crippen LogP contribution in [0.25, 0.3) is 0 Å². The molecular formula is C12H17NOS. The van der Waals surface area contributed by atoms with Gasteiger partial charge in [0.05, 0.1) is 12.0 Å². The van der Waals surface area contributed by atoms with Gasteiger partial charge in [-0.2, -0.15) is 5.26 Å². The zero-order valence-electron chi connectivity index (χ0n) is 9.61. The van der Waals surface area contributed by atoms with E-state index in [9.17, 15) is 5.11 Å². The molecule has 1 aromatic rings. The monoisotopic (exact) mass is 223 g/mol. The zero-order valence-corrected chi connectivity index (χ0v) is 10.4. The third-order valence-electron chi connectivity index (χ3n) is 2.33. The summed E-state index contributed by atoms with van der Waals surface area (Å²) in [5, 5.41) is 18.6. The molecule has 1 heterocycles. The summed E-state index contributed by atoms with van der Waals surface area (Å²) < 4.78 is 0. The topological polar surface area (TPSA) is 44.0 Å². The van der Waals surface area contributed by atoms with E-state index in [1.165, 1.54) is 4.88 Å². The highest BCUT2D eigenvalue weighted by atomic mass is 32.1. The third kappa shape index (κ3) is 2.80. The summed E-state index contributed by atoms with van der Waals surface area (Å²) in [7, 11) is 0. The molecule has 0 fully saturated rings. The van der Waals surface area contributed by atoms with Gasteiger partial charge in [-0.1, -0.05) is 20.8 Å². The molecule has 82 valence electrons. The summed E-state index contributed by atoms with van der Waals surface area (Å²) in [5.74, 6) is -0.350. The van der Waals surface area contributed by atoms with Crippen molar-refractivity contribution in [3.05, 3.63) is 21.9 Å². The van der Waals surface area contributed by atoms with Crippen molar-refractivity contribution < 1.29 is 5.11 Å². The van der Waals surface area contributed by atoms with Crippen molar-refractivity contribution in [1.82, 2.24) is 0 Å². The van der Waals surface area contributed by atoms with E-state index in [2.05, 4.69) is 26.8 Å². The molecule has 2 unspecified atom stereocenters. The van der Waals surface area contributed by atoms with Crippen molar-refractivity contribution >= 4 is 11.3 Å². The van der Waals surface area contributed by atoms with E-state index in [-0.39, 0.29) is 11.3 Å². The number of nitrogens with zero attached hydrogens (tertiary/aromatic N) is 1. The number of aliphatic hydroxyl groups is 1. The Balaban J connectivity index is 2.91. The number of rotatable bonds is 2. The van der Waals surface area contributed by atoms with Crippen LogP contribution in [-0.2, 0) is 5.41 Å². The van der Waals surface area contributed by atoms with Gasteiger partial charge in [-0.25, -0.2) is 0 Å². The molecule has 3 heteroatoms. The Morgan fingerprint density at radius 3 is 2.40 bits per heavy atom. The second-order valence-corrected chi connectivity index (χ2v) is 5.93. The maximum absolute atomic E-state index is 9.86. The van der Waals surface area contributed by atoms with Crippen molar-refractivity contribution in [3.63, 3.8) is 0 Å². The minimum Gasteiger partial charge on any atom is -0.386 e. The van der Waals surface area contributed by atoms with E-state index in [1.807, 2.05) is 12.1 Å². The number of thiophene rings is 1. The maximum Gasteiger partial charge on any atom is 0.104 e. The maximum atomic E-state index is 9.86. The average molecular weight is 223 g/mol. The van der Waals surface area contributed by atoms with Crippen molar-refractivity contribution in [1.29, 1.82) is 5.26 Å². The molecule has 1 rings (SSSR count). The van der Waals surface area contributed by atoms with Gasteiger partial charge in [0.1, 0.15) is 6.10 Å². The van der Waals surface area contributed by atoms with Gasteiger partial charge in [0.2, 0.25) is 0 Å². The Morgan fingerprint density at radius 1 is 1.40 bits per heavy atom. The molecule has 0 aromatic carbocycles. The fraction of sp³-hybridized carbons (Fsp3) is 0.583. The quantitative estimate of drug-likeness (QED) is 0.836. The molecule has 2 nitrogen and oxygen atoms in total. The highest BCUT2D eigenvalue weighted by Gasteiger charge is 2.21. The van der Waals surface area contributed by atoms with E-state index >= 15 is 0 Å². The molecule has 1 aromatic heterocycles. The number of nitriles is 1. The molecule has 1 N–H and O–H groups in total. The Labute approximate surface area is 95.2 Å². The summed E-state index contributed by atoms with van der Waals surface area (Å²) in [6, 6.07) is 6.02. The molecular weight excluding hydrogens is 206 g/mol. The Morgan fingerprint density at radius 2 is 2.00 bits per heavy atom. The molecule has 0 radical (unpaired) electrons. The third-order valence-corrected chi connectivity index (χ3v) is 3.92. The van der Waals surface area contributed by atoms with Gasteiger partial charge < -0.3 is 5.11 Å². The van der Waals surface area contributed by atoms with Gasteiger partial charge in [0.25, 0.3) is 0 Å². The minimum absolute atomic E-state index is 0.110. The summed E-state index contributed by atoms with van der Waals surface area (Å²) in [6.07, 6.45) is -0.656. The first kappa shape index (κ1) is 12.2. The Bertz CT molecular complexity index is 370. The van der Waals surface area contributed by atoms with Gasteiger partial charge in [0.15, 0.2) is 0 Å². The molecule has 0 aliphatic rings. The van der Waals surface area contributed by atoms with Gasteiger partial charge in [0, 0.05) is 9.75 Å². The lowest BCUT2D eigenvalue weighted by Crippen LogP contribution is -2.08. The largest absolute Gasteiger partial charge is 0.386 e. The van der Waals surface area contributed by atoms with Crippen LogP contribution in [0.2, 0.25) is 0 Å². The van der Waals surface area contributed by atoms with E-state index < -0.39 is 6.10 Å². The second kappa shape index (κ2) is 4.34. The zero-order chi connectivity index (χ0) is 11.6. The Kier molecular flexibility index (Phi) is 3.54. The predicted molar refractivity (Wildman–Crippen MR) is 62.8 cm³/mol. The van der Waals surface area contributed by atoms with Gasteiger partial charge in [-0.05, 0) is 24.5 Å². The van der Waals surface area contributed by atoms with Gasteiger partial charge in [-0.15, -0.1) is 11.3 Å². The molecule has 0 amide bonds. The molecule has 0 aliphatic heterocycles. The van der Waals surface area contributed by atoms with E-state index in [0.29, 0.717) is 0 Å². The average Bonchev–Trinajstić information content (AvgIpc) is 2.63. The fourth-order valence-corrected chi connectivity index (χ4v) is 2.39. The van der Waals surface area contributed by atoms with Crippen LogP contribution >= 0.6 is 11.3 Å². The lowest BCUT2D eigenvalue weighted by molar-refractivity contribution is 0.146. The van der Waals surface area contributed by atoms with Crippen molar-refractivity contribution in [2.24, 2.45) is 5.92 Å². The summed E-state index contributed by atoms with van der Waals surface area (Å²) in [5.41, 5.74) is 0.110. The van der Waals surface area contributed by atoms with Crippen LogP contribution < -0.4 is 0 Å². The van der Waals surface area contributed by atoms with Gasteiger partial charge in [-0.3, -0.25) is 0 Å². The summed E-state index contributed by atoms with van der Waals surface area (Å²) >= 11 is 1.59. The lowest BCUT2D eigenvalue weighted by Gasteiger charge is -2.16. The highest BCUT2D eigenvalue weighted by molar-refractivity contribution is 7.12. The summed E-state index contributed by atoms with van der Waals surface area (Å²) in [4.78, 5) is 2.12. The van der Waals surface area contributed by atoms with E-state index in [4.69, 9.17) is 5.26 Å². The molecule has 15 heavy (non-hydrogen) atoms. The SMILES string of the molecule is CC(C#N)C(O)c1ccc(C(C)(C)C)s1. The van der Waals surface area contributed by atoms with Gasteiger partial charge >= 0.3 is 0 Å². The van der Waals surface area contributed by atoms with Crippen LogP contribution in [0.3, 0.4) is 0 Å². The van der Waals surface area contributed by atoms with Crippen LogP contribution in [0, 0.1) is 17.2 Å². The summed E-state index contributed by atoms with van der Waals surface area (Å²) in [6.45, 7) is 8.16. The van der Waals surface area contributed by atoms with Crippen molar-refractivity contribution in [2.45, 2.75) is 39.2 Å². The molecule has 2 atom stereocenters. The molecule has 0 saturated heterocycles. The first-order valence-electron chi connectivity index (χ1n) is 5.04. The lowest BCUT2D eigenvalue weighted by atomic mass is 9.95. The van der Waals surface area contributed by atoms with Crippen molar-refractivity contribution in [2.75, 3.05) is 0 Å². The van der Waals surface area contributed by atoms with E-state index in [1.54, 1.807) is 18.3 Å². The number of hydrogen-bond acceptors (Lipinski definition) is 3. The molecule has 0 aliphatic carbocycles. The first-order valence-corrected chi connectivity index (χ1v) is 5.86. The van der Waals surface area contributed by atoms with Crippen LogP contribution in [0.1, 0.15) is 43.6 Å². The van der Waals surface area contributed by atoms with Crippen LogP contribution in [-0.4, -0.2) is 5.11 Å². The fourth-order valence-electron chi connectivity index (χ4n) is 1.23. The number of aliphatic hydroxyl groups excluding tert-OH is 1. The smallest absolute Gasteiger partial charge is 0.104 e. The highest BCUT2D eigenvalue weighted by Crippen LogP contribution is 2.34. The van der Waals surface area contributed by atoms with E-state index in [0.717, 1.165) is 4.88 Å². The first-order chi connectivity index (χ1) is 6.86. The standard InChI is InChI=1S/C12H17NOS/c1-8(7-13)11(14)9-5-6-10(15-9)12(2,3)4/h5-6,8,11,14H,1-4H3. The normalized spacial score (nSPS) is 15.7. The van der Waals surface area contributed by atoms with Crippen LogP contribution in [0.4, 0.5) is 0 Å². The van der Waals surface area contributed by atoms with Crippen LogP contribution in [0.5, 0.6) is 0 Å². The molecule has 0 bridgehead atoms. The minimum atomic E-state index is -0.656. The van der Waals surface area contributed by atoms with Crippen molar-refractivity contribution in [3.8, 4) is 6.07 Å².